The summed E-state index contributed by atoms with van der Waals surface area (Å²) < 4.78 is 5.91. The van der Waals surface area contributed by atoms with Gasteiger partial charge in [-0.3, -0.25) is 14.9 Å². The molecule has 2 N–H and O–H groups in total. The number of nitrogens with zero attached hydrogens (tertiary/aromatic N) is 3. The fourth-order valence-electron chi connectivity index (χ4n) is 4.81. The molecule has 1 aromatic carbocycles. The molecule has 8 nitrogen and oxygen atoms in total. The van der Waals surface area contributed by atoms with E-state index in [1.165, 1.54) is 19.3 Å². The van der Waals surface area contributed by atoms with Crippen molar-refractivity contribution in [3.05, 3.63) is 23.8 Å². The van der Waals surface area contributed by atoms with Crippen molar-refractivity contribution in [2.75, 3.05) is 13.7 Å². The molecule has 2 fully saturated rings. The first kappa shape index (κ1) is 22.6. The van der Waals surface area contributed by atoms with E-state index in [1.807, 2.05) is 35.0 Å². The van der Waals surface area contributed by atoms with Gasteiger partial charge in [-0.15, -0.1) is 0 Å². The zero-order valence-electron chi connectivity index (χ0n) is 19.3. The fourth-order valence-corrected chi connectivity index (χ4v) is 4.81. The smallest absolute Gasteiger partial charge is 0.255 e. The van der Waals surface area contributed by atoms with Gasteiger partial charge in [-0.25, -0.2) is 4.99 Å². The monoisotopic (exact) mass is 442 g/mol. The topological polar surface area (TPSA) is 94.5 Å². The van der Waals surface area contributed by atoms with Gasteiger partial charge in [0.25, 0.3) is 5.91 Å². The molecule has 8 heteroatoms. The van der Waals surface area contributed by atoms with Crippen LogP contribution in [-0.4, -0.2) is 64.0 Å². The van der Waals surface area contributed by atoms with Crippen molar-refractivity contribution in [1.82, 2.24) is 15.1 Å². The van der Waals surface area contributed by atoms with Crippen LogP contribution >= 0.6 is 0 Å². The Kier molecular flexibility index (Phi) is 6.42. The van der Waals surface area contributed by atoms with Crippen LogP contribution in [0.3, 0.4) is 0 Å². The average molecular weight is 443 g/mol. The van der Waals surface area contributed by atoms with E-state index in [9.17, 15) is 14.7 Å². The number of aliphatic imine (C=N–C) groups is 1. The maximum absolute atomic E-state index is 12.5. The lowest BCUT2D eigenvalue weighted by Gasteiger charge is -2.37. The summed E-state index contributed by atoms with van der Waals surface area (Å²) in [7, 11) is 1.93. The maximum atomic E-state index is 12.5. The number of aliphatic hydroxyl groups excluding tert-OH is 1. The van der Waals surface area contributed by atoms with Crippen molar-refractivity contribution >= 4 is 23.5 Å². The van der Waals surface area contributed by atoms with Crippen molar-refractivity contribution in [1.29, 1.82) is 0 Å². The third kappa shape index (κ3) is 4.20. The van der Waals surface area contributed by atoms with Crippen LogP contribution in [0.1, 0.15) is 64.4 Å². The molecule has 0 spiro atoms. The Bertz CT molecular complexity index is 909. The largest absolute Gasteiger partial charge is 0.494 e. The van der Waals surface area contributed by atoms with Gasteiger partial charge in [-0.05, 0) is 51.3 Å². The lowest BCUT2D eigenvalue weighted by Crippen LogP contribution is -2.54. The van der Waals surface area contributed by atoms with Crippen molar-refractivity contribution in [3.8, 4) is 5.75 Å². The Hall–Kier alpha value is -2.61. The predicted molar refractivity (Wildman–Crippen MR) is 122 cm³/mol. The Labute approximate surface area is 189 Å². The summed E-state index contributed by atoms with van der Waals surface area (Å²) in [5.74, 6) is 1.13. The van der Waals surface area contributed by atoms with E-state index >= 15 is 0 Å². The second-order valence-corrected chi connectivity index (χ2v) is 9.34. The molecule has 0 aromatic heterocycles. The number of hydrogen-bond donors (Lipinski definition) is 2. The molecule has 1 saturated heterocycles. The average Bonchev–Trinajstić information content (AvgIpc) is 3.05. The van der Waals surface area contributed by atoms with Gasteiger partial charge in [0.2, 0.25) is 11.9 Å². The fraction of sp³-hybridized carbons (Fsp3) is 0.625. The van der Waals surface area contributed by atoms with Gasteiger partial charge in [0.15, 0.2) is 0 Å². The lowest BCUT2D eigenvalue weighted by molar-refractivity contribution is -0.133. The van der Waals surface area contributed by atoms with Crippen LogP contribution in [0.2, 0.25) is 0 Å². The molecule has 1 saturated carbocycles. The molecule has 0 bridgehead atoms. The molecular formula is C24H34N4O4. The number of aliphatic hydroxyl groups is 1. The second kappa shape index (κ2) is 9.10. The predicted octanol–water partition coefficient (Wildman–Crippen LogP) is 2.71. The standard InChI is InChI=1S/C24H34N4O4/c1-16(29)24(2)22(31)26-23-25-20-12-11-19(14-17(20)15-28(23)24)32-13-7-10-21(30)27(3)18-8-5-4-6-9-18/h11-12,14,16,18,29H,4-10,13,15H2,1-3H3,(H,25,26,31). The number of nitrogens with one attached hydrogen (secondary N) is 1. The van der Waals surface area contributed by atoms with Crippen LogP contribution in [0.15, 0.2) is 23.2 Å². The van der Waals surface area contributed by atoms with E-state index in [4.69, 9.17) is 4.74 Å². The summed E-state index contributed by atoms with van der Waals surface area (Å²) in [4.78, 5) is 33.2. The molecule has 3 aliphatic rings. The van der Waals surface area contributed by atoms with E-state index in [2.05, 4.69) is 10.3 Å². The first-order valence-electron chi connectivity index (χ1n) is 11.7. The molecule has 2 atom stereocenters. The number of guanidine groups is 1. The van der Waals surface area contributed by atoms with Crippen molar-refractivity contribution in [2.24, 2.45) is 4.99 Å². The number of fused-ring (bicyclic) bond motifs is 2. The number of hydrogen-bond acceptors (Lipinski definition) is 6. The number of benzene rings is 1. The normalized spacial score (nSPS) is 23.7. The summed E-state index contributed by atoms with van der Waals surface area (Å²) in [5.41, 5.74) is 0.656. The molecule has 2 unspecified atom stereocenters. The molecule has 1 aromatic rings. The minimum Gasteiger partial charge on any atom is -0.494 e. The van der Waals surface area contributed by atoms with E-state index in [-0.39, 0.29) is 11.8 Å². The Balaban J connectivity index is 1.32. The van der Waals surface area contributed by atoms with E-state index < -0.39 is 11.6 Å². The molecule has 2 amide bonds. The van der Waals surface area contributed by atoms with Gasteiger partial charge in [0.05, 0.1) is 18.4 Å². The highest BCUT2D eigenvalue weighted by Crippen LogP contribution is 2.36. The minimum absolute atomic E-state index is 0.191. The number of carbonyl (C=O) groups is 2. The zero-order valence-corrected chi connectivity index (χ0v) is 19.3. The van der Waals surface area contributed by atoms with Crippen molar-refractivity contribution in [3.63, 3.8) is 0 Å². The van der Waals surface area contributed by atoms with Crippen LogP contribution in [0.5, 0.6) is 5.75 Å². The first-order valence-corrected chi connectivity index (χ1v) is 11.7. The summed E-state index contributed by atoms with van der Waals surface area (Å²) in [5, 5.41) is 13.0. The van der Waals surface area contributed by atoms with Crippen LogP contribution in [0, 0.1) is 0 Å². The third-order valence-electron chi connectivity index (χ3n) is 7.24. The molecule has 32 heavy (non-hydrogen) atoms. The summed E-state index contributed by atoms with van der Waals surface area (Å²) in [6.07, 6.45) is 6.25. The summed E-state index contributed by atoms with van der Waals surface area (Å²) >= 11 is 0. The molecule has 4 rings (SSSR count). The minimum atomic E-state index is -1.06. The van der Waals surface area contributed by atoms with E-state index in [0.29, 0.717) is 43.7 Å². The van der Waals surface area contributed by atoms with E-state index in [1.54, 1.807) is 13.8 Å². The SMILES string of the molecule is CC(O)C1(C)C(=O)NC2=Nc3ccc(OCCCC(=O)N(C)C4CCCCC4)cc3CN21. The highest BCUT2D eigenvalue weighted by molar-refractivity contribution is 6.10. The maximum Gasteiger partial charge on any atom is 0.255 e. The van der Waals surface area contributed by atoms with Crippen LogP contribution in [-0.2, 0) is 16.1 Å². The molecular weight excluding hydrogens is 408 g/mol. The summed E-state index contributed by atoms with van der Waals surface area (Å²) in [6.45, 7) is 4.26. The molecule has 174 valence electrons. The van der Waals surface area contributed by atoms with Gasteiger partial charge in [0, 0.05) is 31.6 Å². The Morgan fingerprint density at radius 3 is 2.84 bits per heavy atom. The molecule has 0 radical (unpaired) electrons. The highest BCUT2D eigenvalue weighted by Gasteiger charge is 2.52. The first-order chi connectivity index (χ1) is 15.3. The third-order valence-corrected chi connectivity index (χ3v) is 7.24. The highest BCUT2D eigenvalue weighted by atomic mass is 16.5. The number of carbonyl (C=O) groups excluding carboxylic acids is 2. The number of amides is 2. The van der Waals surface area contributed by atoms with E-state index in [0.717, 1.165) is 24.1 Å². The zero-order chi connectivity index (χ0) is 22.9. The number of ether oxygens (including phenoxy) is 1. The van der Waals surface area contributed by atoms with Gasteiger partial charge in [0.1, 0.15) is 11.3 Å². The van der Waals surface area contributed by atoms with Gasteiger partial charge in [-0.2, -0.15) is 0 Å². The van der Waals surface area contributed by atoms with Crippen LogP contribution in [0.25, 0.3) is 0 Å². The second-order valence-electron chi connectivity index (χ2n) is 9.34. The Morgan fingerprint density at radius 2 is 2.12 bits per heavy atom. The van der Waals surface area contributed by atoms with Crippen molar-refractivity contribution in [2.45, 2.75) is 83.0 Å². The van der Waals surface area contributed by atoms with Gasteiger partial charge < -0.3 is 19.6 Å². The van der Waals surface area contributed by atoms with Crippen LogP contribution in [0.4, 0.5) is 5.69 Å². The van der Waals surface area contributed by atoms with Crippen LogP contribution < -0.4 is 10.1 Å². The van der Waals surface area contributed by atoms with Crippen molar-refractivity contribution < 1.29 is 19.4 Å². The quantitative estimate of drug-likeness (QED) is 0.633. The summed E-state index contributed by atoms with van der Waals surface area (Å²) in [6, 6.07) is 6.06. The molecule has 2 heterocycles. The molecule has 1 aliphatic carbocycles. The Morgan fingerprint density at radius 1 is 1.38 bits per heavy atom. The van der Waals surface area contributed by atoms with Gasteiger partial charge >= 0.3 is 0 Å². The van der Waals surface area contributed by atoms with Gasteiger partial charge in [-0.1, -0.05) is 19.3 Å². The lowest BCUT2D eigenvalue weighted by atomic mass is 9.93. The number of rotatable bonds is 7. The molecule has 2 aliphatic heterocycles.